The molecule has 2 rings (SSSR count). The van der Waals surface area contributed by atoms with Gasteiger partial charge in [0.2, 0.25) is 0 Å². The minimum Gasteiger partial charge on any atom is -0.398 e. The summed E-state index contributed by atoms with van der Waals surface area (Å²) >= 11 is 0. The zero-order chi connectivity index (χ0) is 14.6. The molecule has 0 saturated carbocycles. The predicted molar refractivity (Wildman–Crippen MR) is 67.6 cm³/mol. The Balaban J connectivity index is 2.01. The molecule has 108 valence electrons. The largest absolute Gasteiger partial charge is 0.398 e. The lowest BCUT2D eigenvalue weighted by molar-refractivity contribution is -0.135. The zero-order valence-electron chi connectivity index (χ0n) is 10.6. The number of anilines is 1. The fourth-order valence-corrected chi connectivity index (χ4v) is 1.84. The van der Waals surface area contributed by atoms with Crippen molar-refractivity contribution in [3.05, 3.63) is 24.3 Å². The number of nitrogens with two attached hydrogens (primary N) is 1. The third-order valence-corrected chi connectivity index (χ3v) is 2.81. The van der Waals surface area contributed by atoms with E-state index in [0.717, 1.165) is 0 Å². The van der Waals surface area contributed by atoms with Crippen molar-refractivity contribution in [2.75, 3.05) is 5.73 Å². The van der Waals surface area contributed by atoms with Crippen LogP contribution in [-0.2, 0) is 6.54 Å². The summed E-state index contributed by atoms with van der Waals surface area (Å²) in [6, 6.07) is 7.08. The molecule has 0 unspecified atom stereocenters. The smallest absolute Gasteiger partial charge is 0.389 e. The summed E-state index contributed by atoms with van der Waals surface area (Å²) in [6.45, 7) is 0.326. The van der Waals surface area contributed by atoms with Crippen LogP contribution in [0, 0.1) is 0 Å². The van der Waals surface area contributed by atoms with Gasteiger partial charge in [0.1, 0.15) is 0 Å². The standard InChI is InChI=1S/C12H14F3N5/c13-12(14,15)7-3-4-8-20-11(17-18-19-20)9-5-1-2-6-10(9)16/h1-2,5-6H,3-4,7-8,16H2. The molecule has 20 heavy (non-hydrogen) atoms. The van der Waals surface area contributed by atoms with E-state index in [9.17, 15) is 13.2 Å². The maximum absolute atomic E-state index is 12.1. The maximum Gasteiger partial charge on any atom is 0.389 e. The number of aryl methyl sites for hydroxylation is 1. The van der Waals surface area contributed by atoms with Gasteiger partial charge < -0.3 is 5.73 Å². The molecule has 0 saturated heterocycles. The average molecular weight is 285 g/mol. The van der Waals surface area contributed by atoms with Gasteiger partial charge in [0, 0.05) is 24.2 Å². The Bertz CT molecular complexity index is 564. The lowest BCUT2D eigenvalue weighted by atomic mass is 10.1. The summed E-state index contributed by atoms with van der Waals surface area (Å²) < 4.78 is 37.6. The van der Waals surface area contributed by atoms with Gasteiger partial charge in [0.05, 0.1) is 0 Å². The monoisotopic (exact) mass is 285 g/mol. The highest BCUT2D eigenvalue weighted by molar-refractivity contribution is 5.70. The molecule has 2 aromatic rings. The van der Waals surface area contributed by atoms with E-state index in [-0.39, 0.29) is 6.42 Å². The van der Waals surface area contributed by atoms with Crippen LogP contribution in [0.15, 0.2) is 24.3 Å². The van der Waals surface area contributed by atoms with Crippen molar-refractivity contribution in [2.45, 2.75) is 32.0 Å². The van der Waals surface area contributed by atoms with Crippen LogP contribution in [0.2, 0.25) is 0 Å². The lowest BCUT2D eigenvalue weighted by Crippen LogP contribution is -2.09. The summed E-state index contributed by atoms with van der Waals surface area (Å²) in [5, 5.41) is 11.2. The Hall–Kier alpha value is -2.12. The molecule has 0 bridgehead atoms. The summed E-state index contributed by atoms with van der Waals surface area (Å²) in [6.07, 6.45) is -4.51. The van der Waals surface area contributed by atoms with Crippen LogP contribution in [0.1, 0.15) is 19.3 Å². The molecule has 8 heteroatoms. The summed E-state index contributed by atoms with van der Waals surface area (Å²) in [5.74, 6) is 0.468. The molecule has 0 aliphatic heterocycles. The third-order valence-electron chi connectivity index (χ3n) is 2.81. The quantitative estimate of drug-likeness (QED) is 0.677. The summed E-state index contributed by atoms with van der Waals surface area (Å²) in [5.41, 5.74) is 7.04. The van der Waals surface area contributed by atoms with Crippen molar-refractivity contribution in [1.82, 2.24) is 20.2 Å². The van der Waals surface area contributed by atoms with Crippen molar-refractivity contribution < 1.29 is 13.2 Å². The van der Waals surface area contributed by atoms with E-state index in [0.29, 0.717) is 30.0 Å². The van der Waals surface area contributed by atoms with Gasteiger partial charge in [-0.05, 0) is 35.4 Å². The van der Waals surface area contributed by atoms with Crippen molar-refractivity contribution >= 4 is 5.69 Å². The van der Waals surface area contributed by atoms with Gasteiger partial charge in [-0.2, -0.15) is 13.2 Å². The fourth-order valence-electron chi connectivity index (χ4n) is 1.84. The van der Waals surface area contributed by atoms with E-state index in [1.54, 1.807) is 24.3 Å². The number of aromatic nitrogens is 4. The van der Waals surface area contributed by atoms with Crippen molar-refractivity contribution in [2.24, 2.45) is 0 Å². The van der Waals surface area contributed by atoms with Crippen LogP contribution in [0.5, 0.6) is 0 Å². The first-order valence-electron chi connectivity index (χ1n) is 6.15. The number of halogens is 3. The van der Waals surface area contributed by atoms with Gasteiger partial charge in [0.25, 0.3) is 0 Å². The highest BCUT2D eigenvalue weighted by Gasteiger charge is 2.25. The molecule has 5 nitrogen and oxygen atoms in total. The van der Waals surface area contributed by atoms with Crippen LogP contribution in [-0.4, -0.2) is 26.4 Å². The molecule has 0 amide bonds. The molecule has 0 aliphatic carbocycles. The normalized spacial score (nSPS) is 11.8. The molecule has 0 spiro atoms. The molecular weight excluding hydrogens is 271 g/mol. The van der Waals surface area contributed by atoms with E-state index >= 15 is 0 Å². The Morgan fingerprint density at radius 2 is 1.90 bits per heavy atom. The summed E-state index contributed by atoms with van der Waals surface area (Å²) in [4.78, 5) is 0. The molecule has 0 fully saturated rings. The third kappa shape index (κ3) is 3.69. The Labute approximate surface area is 113 Å². The zero-order valence-corrected chi connectivity index (χ0v) is 10.6. The van der Waals surface area contributed by atoms with Crippen LogP contribution < -0.4 is 5.73 Å². The van der Waals surface area contributed by atoms with E-state index in [1.807, 2.05) is 0 Å². The van der Waals surface area contributed by atoms with Gasteiger partial charge in [-0.3, -0.25) is 0 Å². The summed E-state index contributed by atoms with van der Waals surface area (Å²) in [7, 11) is 0. The van der Waals surface area contributed by atoms with Gasteiger partial charge in [-0.15, -0.1) is 5.10 Å². The minimum atomic E-state index is -4.12. The molecule has 2 N–H and O–H groups in total. The van der Waals surface area contributed by atoms with E-state index < -0.39 is 12.6 Å². The number of nitrogen functional groups attached to an aromatic ring is 1. The number of alkyl halides is 3. The van der Waals surface area contributed by atoms with Crippen molar-refractivity contribution in [3.8, 4) is 11.4 Å². The average Bonchev–Trinajstić information content (AvgIpc) is 2.82. The molecular formula is C12H14F3N5. The number of hydrogen-bond acceptors (Lipinski definition) is 4. The van der Waals surface area contributed by atoms with Gasteiger partial charge >= 0.3 is 6.18 Å². The van der Waals surface area contributed by atoms with E-state index in [4.69, 9.17) is 5.73 Å². The first-order chi connectivity index (χ1) is 9.47. The second-order valence-corrected chi connectivity index (χ2v) is 4.39. The lowest BCUT2D eigenvalue weighted by Gasteiger charge is -2.08. The van der Waals surface area contributed by atoms with Crippen LogP contribution >= 0.6 is 0 Å². The van der Waals surface area contributed by atoms with Crippen LogP contribution in [0.4, 0.5) is 18.9 Å². The Kier molecular flexibility index (Phi) is 4.21. The number of rotatable bonds is 5. The topological polar surface area (TPSA) is 69.6 Å². The number of unbranched alkanes of at least 4 members (excludes halogenated alkanes) is 1. The Morgan fingerprint density at radius 3 is 2.60 bits per heavy atom. The number of tetrazole rings is 1. The number of para-hydroxylation sites is 1. The van der Waals surface area contributed by atoms with E-state index in [2.05, 4.69) is 15.5 Å². The highest BCUT2D eigenvalue weighted by Crippen LogP contribution is 2.24. The second-order valence-electron chi connectivity index (χ2n) is 4.39. The molecule has 0 radical (unpaired) electrons. The fraction of sp³-hybridized carbons (Fsp3) is 0.417. The van der Waals surface area contributed by atoms with Crippen molar-refractivity contribution in [3.63, 3.8) is 0 Å². The maximum atomic E-state index is 12.1. The molecule has 1 heterocycles. The molecule has 0 atom stereocenters. The number of nitrogens with zero attached hydrogens (tertiary/aromatic N) is 4. The minimum absolute atomic E-state index is 0.0487. The molecule has 0 aliphatic rings. The van der Waals surface area contributed by atoms with Crippen LogP contribution in [0.3, 0.4) is 0 Å². The first kappa shape index (κ1) is 14.3. The van der Waals surface area contributed by atoms with Gasteiger partial charge in [-0.25, -0.2) is 4.68 Å². The van der Waals surface area contributed by atoms with Crippen molar-refractivity contribution in [1.29, 1.82) is 0 Å². The second kappa shape index (κ2) is 5.89. The van der Waals surface area contributed by atoms with Gasteiger partial charge in [-0.1, -0.05) is 12.1 Å². The highest BCUT2D eigenvalue weighted by atomic mass is 19.4. The predicted octanol–water partition coefficient (Wildman–Crippen LogP) is 2.65. The molecule has 1 aromatic carbocycles. The number of hydrogen-bond donors (Lipinski definition) is 1. The van der Waals surface area contributed by atoms with Crippen LogP contribution in [0.25, 0.3) is 11.4 Å². The SMILES string of the molecule is Nc1ccccc1-c1nnnn1CCCCC(F)(F)F. The molecule has 1 aromatic heterocycles. The Morgan fingerprint density at radius 1 is 1.15 bits per heavy atom. The van der Waals surface area contributed by atoms with E-state index in [1.165, 1.54) is 4.68 Å². The van der Waals surface area contributed by atoms with Gasteiger partial charge in [0.15, 0.2) is 5.82 Å². The number of benzene rings is 1. The first-order valence-corrected chi connectivity index (χ1v) is 6.15.